The molecule has 128 valence electrons. The van der Waals surface area contributed by atoms with E-state index in [0.717, 1.165) is 0 Å². The Hall–Kier alpha value is -2.22. The molecule has 0 saturated heterocycles. The van der Waals surface area contributed by atoms with Crippen molar-refractivity contribution in [3.63, 3.8) is 0 Å². The number of rotatable bonds is 5. The summed E-state index contributed by atoms with van der Waals surface area (Å²) in [6, 6.07) is 24.1. The summed E-state index contributed by atoms with van der Waals surface area (Å²) in [5.41, 5.74) is -0.810. The summed E-state index contributed by atoms with van der Waals surface area (Å²) in [5, 5.41) is 12.4. The lowest BCUT2D eigenvalue weighted by Gasteiger charge is -2.30. The van der Waals surface area contributed by atoms with E-state index in [4.69, 9.17) is 0 Å². The second-order valence-electron chi connectivity index (χ2n) is 6.35. The standard InChI is InChI=1S/C21H20FO2P/c1-21(23,17-12-14-18(22)15-13-17)16-25(24,19-8-4-2-5-9-19)20-10-6-3-7-11-20/h2-15,23H,16H2,1H3. The van der Waals surface area contributed by atoms with Crippen molar-refractivity contribution in [2.24, 2.45) is 0 Å². The Morgan fingerprint density at radius 3 is 1.72 bits per heavy atom. The zero-order valence-electron chi connectivity index (χ0n) is 14.0. The van der Waals surface area contributed by atoms with Gasteiger partial charge in [-0.25, -0.2) is 4.39 Å². The minimum atomic E-state index is -3.07. The number of hydrogen-bond acceptors (Lipinski definition) is 2. The average molecular weight is 354 g/mol. The summed E-state index contributed by atoms with van der Waals surface area (Å²) in [6.45, 7) is 1.62. The van der Waals surface area contributed by atoms with E-state index >= 15 is 0 Å². The first-order valence-corrected chi connectivity index (χ1v) is 10.00. The van der Waals surface area contributed by atoms with Crippen molar-refractivity contribution in [2.45, 2.75) is 12.5 Å². The molecule has 2 nitrogen and oxygen atoms in total. The maximum absolute atomic E-state index is 14.0. The van der Waals surface area contributed by atoms with Gasteiger partial charge in [-0.3, -0.25) is 0 Å². The molecule has 1 unspecified atom stereocenters. The summed E-state index contributed by atoms with van der Waals surface area (Å²) in [7, 11) is -3.07. The highest BCUT2D eigenvalue weighted by Crippen LogP contribution is 2.48. The van der Waals surface area contributed by atoms with Crippen LogP contribution >= 0.6 is 7.14 Å². The molecule has 0 aliphatic carbocycles. The van der Waals surface area contributed by atoms with Crippen molar-refractivity contribution in [3.8, 4) is 0 Å². The second-order valence-corrected chi connectivity index (χ2v) is 9.18. The SMILES string of the molecule is CC(O)(CP(=O)(c1ccccc1)c1ccccc1)c1ccc(F)cc1. The number of benzene rings is 3. The van der Waals surface area contributed by atoms with E-state index in [1.54, 1.807) is 6.92 Å². The molecule has 0 fully saturated rings. The van der Waals surface area contributed by atoms with Gasteiger partial charge in [-0.05, 0) is 24.6 Å². The molecule has 0 amide bonds. The van der Waals surface area contributed by atoms with Crippen LogP contribution in [0.3, 0.4) is 0 Å². The van der Waals surface area contributed by atoms with Gasteiger partial charge in [-0.15, -0.1) is 0 Å². The van der Waals surface area contributed by atoms with Gasteiger partial charge >= 0.3 is 0 Å². The number of aliphatic hydroxyl groups is 1. The molecule has 0 bridgehead atoms. The van der Waals surface area contributed by atoms with E-state index < -0.39 is 12.7 Å². The minimum absolute atomic E-state index is 0.0413. The topological polar surface area (TPSA) is 37.3 Å². The van der Waals surface area contributed by atoms with E-state index in [-0.39, 0.29) is 12.0 Å². The molecule has 3 aromatic rings. The molecule has 0 aliphatic rings. The maximum Gasteiger partial charge on any atom is 0.146 e. The number of hydrogen-bond donors (Lipinski definition) is 1. The van der Waals surface area contributed by atoms with Crippen LogP contribution < -0.4 is 10.6 Å². The van der Waals surface area contributed by atoms with Crippen LogP contribution in [0.2, 0.25) is 0 Å². The third-order valence-electron chi connectivity index (χ3n) is 4.34. The fourth-order valence-electron chi connectivity index (χ4n) is 3.00. The molecule has 3 rings (SSSR count). The Morgan fingerprint density at radius 1 is 0.840 bits per heavy atom. The molecular formula is C21H20FO2P. The summed E-state index contributed by atoms with van der Waals surface area (Å²) in [6.07, 6.45) is 0.0413. The number of halogens is 1. The van der Waals surface area contributed by atoms with Crippen LogP contribution in [-0.2, 0) is 10.2 Å². The van der Waals surface area contributed by atoms with Crippen LogP contribution in [-0.4, -0.2) is 11.3 Å². The van der Waals surface area contributed by atoms with E-state index in [0.29, 0.717) is 16.2 Å². The average Bonchev–Trinajstić information content (AvgIpc) is 2.63. The predicted octanol–water partition coefficient (Wildman–Crippen LogP) is 4.05. The Balaban J connectivity index is 2.07. The zero-order chi connectivity index (χ0) is 17.9. The highest BCUT2D eigenvalue weighted by atomic mass is 31.2. The van der Waals surface area contributed by atoms with Crippen LogP contribution in [0.1, 0.15) is 12.5 Å². The molecule has 1 N–H and O–H groups in total. The van der Waals surface area contributed by atoms with Gasteiger partial charge in [0.25, 0.3) is 0 Å². The van der Waals surface area contributed by atoms with Crippen molar-refractivity contribution < 1.29 is 14.1 Å². The highest BCUT2D eigenvalue weighted by Gasteiger charge is 2.37. The lowest BCUT2D eigenvalue weighted by Crippen LogP contribution is -2.32. The van der Waals surface area contributed by atoms with E-state index in [1.807, 2.05) is 60.7 Å². The molecule has 1 atom stereocenters. The van der Waals surface area contributed by atoms with E-state index in [9.17, 15) is 14.1 Å². The quantitative estimate of drug-likeness (QED) is 0.702. The minimum Gasteiger partial charge on any atom is -0.385 e. The lowest BCUT2D eigenvalue weighted by atomic mass is 9.98. The highest BCUT2D eigenvalue weighted by molar-refractivity contribution is 7.78. The zero-order valence-corrected chi connectivity index (χ0v) is 14.9. The van der Waals surface area contributed by atoms with Gasteiger partial charge < -0.3 is 9.67 Å². The Kier molecular flexibility index (Phi) is 4.89. The summed E-state index contributed by atoms with van der Waals surface area (Å²) >= 11 is 0. The molecular weight excluding hydrogens is 334 g/mol. The van der Waals surface area contributed by atoms with Gasteiger partial charge in [0.2, 0.25) is 0 Å². The van der Waals surface area contributed by atoms with Crippen LogP contribution in [0.5, 0.6) is 0 Å². The fourth-order valence-corrected chi connectivity index (χ4v) is 6.02. The largest absolute Gasteiger partial charge is 0.385 e. The third-order valence-corrected chi connectivity index (χ3v) is 7.67. The molecule has 25 heavy (non-hydrogen) atoms. The monoisotopic (exact) mass is 354 g/mol. The smallest absolute Gasteiger partial charge is 0.146 e. The summed E-state index contributed by atoms with van der Waals surface area (Å²) < 4.78 is 27.2. The normalized spacial score (nSPS) is 14.0. The predicted molar refractivity (Wildman–Crippen MR) is 101 cm³/mol. The second kappa shape index (κ2) is 6.95. The molecule has 0 spiro atoms. The summed E-state index contributed by atoms with van der Waals surface area (Å²) in [5.74, 6) is -0.367. The first-order valence-electron chi connectivity index (χ1n) is 8.10. The summed E-state index contributed by atoms with van der Waals surface area (Å²) in [4.78, 5) is 0. The van der Waals surface area contributed by atoms with Gasteiger partial charge in [0.15, 0.2) is 0 Å². The van der Waals surface area contributed by atoms with Crippen LogP contribution in [0.25, 0.3) is 0 Å². The van der Waals surface area contributed by atoms with Crippen LogP contribution in [0, 0.1) is 5.82 Å². The van der Waals surface area contributed by atoms with E-state index in [2.05, 4.69) is 0 Å². The lowest BCUT2D eigenvalue weighted by molar-refractivity contribution is 0.0819. The van der Waals surface area contributed by atoms with Gasteiger partial charge in [-0.2, -0.15) is 0 Å². The van der Waals surface area contributed by atoms with Crippen LogP contribution in [0.4, 0.5) is 4.39 Å². The first kappa shape index (κ1) is 17.6. The fraction of sp³-hybridized carbons (Fsp3) is 0.143. The first-order chi connectivity index (χ1) is 11.9. The Morgan fingerprint density at radius 2 is 1.28 bits per heavy atom. The third kappa shape index (κ3) is 3.73. The van der Waals surface area contributed by atoms with Crippen LogP contribution in [0.15, 0.2) is 84.9 Å². The van der Waals surface area contributed by atoms with Crippen molar-refractivity contribution in [3.05, 3.63) is 96.3 Å². The molecule has 0 radical (unpaired) electrons. The van der Waals surface area contributed by atoms with Crippen molar-refractivity contribution in [1.29, 1.82) is 0 Å². The van der Waals surface area contributed by atoms with Gasteiger partial charge in [-0.1, -0.05) is 72.8 Å². The maximum atomic E-state index is 14.0. The molecule has 0 aliphatic heterocycles. The molecule has 4 heteroatoms. The molecule has 3 aromatic carbocycles. The molecule has 0 heterocycles. The van der Waals surface area contributed by atoms with E-state index in [1.165, 1.54) is 24.3 Å². The Bertz CT molecular complexity index is 831. The Labute approximate surface area is 147 Å². The molecule has 0 aromatic heterocycles. The van der Waals surface area contributed by atoms with Crippen molar-refractivity contribution in [2.75, 3.05) is 6.16 Å². The van der Waals surface area contributed by atoms with Gasteiger partial charge in [0, 0.05) is 16.8 Å². The molecule has 0 saturated carbocycles. The van der Waals surface area contributed by atoms with Crippen molar-refractivity contribution >= 4 is 17.8 Å². The van der Waals surface area contributed by atoms with Crippen molar-refractivity contribution in [1.82, 2.24) is 0 Å². The van der Waals surface area contributed by atoms with Gasteiger partial charge in [0.05, 0.1) is 5.60 Å². The van der Waals surface area contributed by atoms with Gasteiger partial charge in [0.1, 0.15) is 13.0 Å².